The first-order valence-electron chi connectivity index (χ1n) is 8.52. The molecule has 2 rings (SSSR count). The van der Waals surface area contributed by atoms with Gasteiger partial charge in [-0.1, -0.05) is 13.8 Å². The molecular weight excluding hydrogens is 318 g/mol. The van der Waals surface area contributed by atoms with E-state index in [1.807, 2.05) is 0 Å². The van der Waals surface area contributed by atoms with Gasteiger partial charge in [-0.15, -0.1) is 0 Å². The molecule has 134 valence electrons. The van der Waals surface area contributed by atoms with Crippen molar-refractivity contribution in [3.8, 4) is 0 Å². The Balaban J connectivity index is 1.90. The fourth-order valence-electron chi connectivity index (χ4n) is 2.93. The lowest BCUT2D eigenvalue weighted by Gasteiger charge is -2.36. The van der Waals surface area contributed by atoms with Crippen molar-refractivity contribution in [1.82, 2.24) is 13.9 Å². The highest BCUT2D eigenvalue weighted by atomic mass is 32.2. The van der Waals surface area contributed by atoms with E-state index in [-0.39, 0.29) is 18.4 Å². The van der Waals surface area contributed by atoms with Gasteiger partial charge in [0.1, 0.15) is 0 Å². The SMILES string of the molecule is CC(C)CCNC(=O)[C@@H]1CCCN(S(=O)(=O)N2CCOCC2)C1. The highest BCUT2D eigenvalue weighted by molar-refractivity contribution is 7.86. The molecule has 1 atom stereocenters. The van der Waals surface area contributed by atoms with Gasteiger partial charge in [-0.3, -0.25) is 4.79 Å². The van der Waals surface area contributed by atoms with Gasteiger partial charge in [-0.2, -0.15) is 17.0 Å². The summed E-state index contributed by atoms with van der Waals surface area (Å²) in [6.45, 7) is 7.32. The van der Waals surface area contributed by atoms with Crippen LogP contribution in [0.25, 0.3) is 0 Å². The molecule has 0 saturated carbocycles. The second kappa shape index (κ2) is 8.41. The summed E-state index contributed by atoms with van der Waals surface area (Å²) in [5.74, 6) is 0.277. The topological polar surface area (TPSA) is 79.0 Å². The van der Waals surface area contributed by atoms with E-state index in [9.17, 15) is 13.2 Å². The molecule has 2 heterocycles. The third-order valence-electron chi connectivity index (χ3n) is 4.40. The van der Waals surface area contributed by atoms with Crippen molar-refractivity contribution in [2.45, 2.75) is 33.1 Å². The maximum atomic E-state index is 12.7. The van der Waals surface area contributed by atoms with Crippen molar-refractivity contribution < 1.29 is 17.9 Å². The molecule has 0 radical (unpaired) electrons. The summed E-state index contributed by atoms with van der Waals surface area (Å²) in [7, 11) is -3.48. The number of piperidine rings is 1. The number of hydrogen-bond acceptors (Lipinski definition) is 4. The summed E-state index contributed by atoms with van der Waals surface area (Å²) in [6, 6.07) is 0. The Morgan fingerprint density at radius 3 is 2.57 bits per heavy atom. The monoisotopic (exact) mass is 347 g/mol. The summed E-state index contributed by atoms with van der Waals surface area (Å²) < 4.78 is 33.5. The third kappa shape index (κ3) is 5.14. The van der Waals surface area contributed by atoms with Gasteiger partial charge < -0.3 is 10.1 Å². The summed E-state index contributed by atoms with van der Waals surface area (Å²) in [6.07, 6.45) is 2.42. The number of amides is 1. The molecule has 1 amide bonds. The average molecular weight is 347 g/mol. The van der Waals surface area contributed by atoms with Gasteiger partial charge in [0, 0.05) is 32.7 Å². The number of nitrogens with one attached hydrogen (secondary N) is 1. The first-order chi connectivity index (χ1) is 10.9. The van der Waals surface area contributed by atoms with Gasteiger partial charge >= 0.3 is 0 Å². The zero-order chi connectivity index (χ0) is 16.9. The van der Waals surface area contributed by atoms with Gasteiger partial charge in [0.25, 0.3) is 10.2 Å². The van der Waals surface area contributed by atoms with Gasteiger partial charge in [0.15, 0.2) is 0 Å². The normalized spacial score (nSPS) is 24.7. The number of rotatable bonds is 6. The van der Waals surface area contributed by atoms with Crippen molar-refractivity contribution >= 4 is 16.1 Å². The van der Waals surface area contributed by atoms with Crippen LogP contribution in [-0.2, 0) is 19.7 Å². The average Bonchev–Trinajstić information content (AvgIpc) is 2.55. The van der Waals surface area contributed by atoms with Crippen LogP contribution in [0.5, 0.6) is 0 Å². The quantitative estimate of drug-likeness (QED) is 0.756. The molecule has 2 aliphatic heterocycles. The minimum absolute atomic E-state index is 0.0208. The number of carbonyl (C=O) groups excluding carboxylic acids is 1. The summed E-state index contributed by atoms with van der Waals surface area (Å²) in [5, 5.41) is 2.94. The molecule has 1 N–H and O–H groups in total. The standard InChI is InChI=1S/C15H29N3O4S/c1-13(2)5-6-16-15(19)14-4-3-7-18(12-14)23(20,21)17-8-10-22-11-9-17/h13-14H,3-12H2,1-2H3,(H,16,19)/t14-/m1/s1. The summed E-state index contributed by atoms with van der Waals surface area (Å²) >= 11 is 0. The highest BCUT2D eigenvalue weighted by Gasteiger charge is 2.36. The number of ether oxygens (including phenoxy) is 1. The van der Waals surface area contributed by atoms with E-state index in [0.29, 0.717) is 45.3 Å². The number of hydrogen-bond donors (Lipinski definition) is 1. The lowest BCUT2D eigenvalue weighted by atomic mass is 9.98. The number of carbonyl (C=O) groups is 1. The maximum Gasteiger partial charge on any atom is 0.282 e. The zero-order valence-electron chi connectivity index (χ0n) is 14.2. The molecule has 0 aliphatic carbocycles. The molecule has 2 aliphatic rings. The molecule has 0 aromatic rings. The molecule has 0 unspecified atom stereocenters. The summed E-state index contributed by atoms with van der Waals surface area (Å²) in [4.78, 5) is 12.3. The maximum absolute atomic E-state index is 12.7. The van der Waals surface area contributed by atoms with Crippen molar-refractivity contribution in [3.63, 3.8) is 0 Å². The highest BCUT2D eigenvalue weighted by Crippen LogP contribution is 2.22. The molecule has 23 heavy (non-hydrogen) atoms. The molecular formula is C15H29N3O4S. The fraction of sp³-hybridized carbons (Fsp3) is 0.933. The molecule has 0 aromatic carbocycles. The van der Waals surface area contributed by atoms with Crippen molar-refractivity contribution in [1.29, 1.82) is 0 Å². The molecule has 2 fully saturated rings. The Hall–Kier alpha value is -0.700. The second-order valence-electron chi connectivity index (χ2n) is 6.69. The van der Waals surface area contributed by atoms with Crippen LogP contribution in [0, 0.1) is 11.8 Å². The molecule has 2 saturated heterocycles. The van der Waals surface area contributed by atoms with Gasteiger partial charge in [0.2, 0.25) is 5.91 Å². The second-order valence-corrected chi connectivity index (χ2v) is 8.62. The van der Waals surface area contributed by atoms with E-state index >= 15 is 0 Å². The van der Waals surface area contributed by atoms with Crippen molar-refractivity contribution in [2.75, 3.05) is 45.9 Å². The van der Waals surface area contributed by atoms with Crippen LogP contribution in [-0.4, -0.2) is 68.9 Å². The Labute approximate surface area is 139 Å². The Morgan fingerprint density at radius 2 is 1.91 bits per heavy atom. The van der Waals surface area contributed by atoms with E-state index in [4.69, 9.17) is 4.74 Å². The first-order valence-corrected chi connectivity index (χ1v) is 9.91. The zero-order valence-corrected chi connectivity index (χ0v) is 15.0. The minimum atomic E-state index is -3.48. The van der Waals surface area contributed by atoms with E-state index in [0.717, 1.165) is 19.3 Å². The number of morpholine rings is 1. The predicted molar refractivity (Wildman–Crippen MR) is 88.1 cm³/mol. The Kier molecular flexibility index (Phi) is 6.82. The largest absolute Gasteiger partial charge is 0.379 e. The lowest BCUT2D eigenvalue weighted by Crippen LogP contribution is -2.53. The van der Waals surface area contributed by atoms with E-state index in [1.54, 1.807) is 0 Å². The van der Waals surface area contributed by atoms with Crippen LogP contribution in [0.3, 0.4) is 0 Å². The Morgan fingerprint density at radius 1 is 1.22 bits per heavy atom. The van der Waals surface area contributed by atoms with Crippen molar-refractivity contribution in [3.05, 3.63) is 0 Å². The van der Waals surface area contributed by atoms with Crippen molar-refractivity contribution in [2.24, 2.45) is 11.8 Å². The first kappa shape index (κ1) is 18.6. The van der Waals surface area contributed by atoms with E-state index in [1.165, 1.54) is 8.61 Å². The van der Waals surface area contributed by atoms with E-state index < -0.39 is 10.2 Å². The fourth-order valence-corrected chi connectivity index (χ4v) is 4.60. The van der Waals surface area contributed by atoms with Gasteiger partial charge in [-0.25, -0.2) is 0 Å². The van der Waals surface area contributed by atoms with Gasteiger partial charge in [0.05, 0.1) is 19.1 Å². The van der Waals surface area contributed by atoms with Gasteiger partial charge in [-0.05, 0) is 25.2 Å². The van der Waals surface area contributed by atoms with Crippen LogP contribution >= 0.6 is 0 Å². The predicted octanol–water partition coefficient (Wildman–Crippen LogP) is 0.438. The smallest absolute Gasteiger partial charge is 0.282 e. The third-order valence-corrected chi connectivity index (χ3v) is 6.40. The van der Waals surface area contributed by atoms with Crippen LogP contribution < -0.4 is 5.32 Å². The molecule has 7 nitrogen and oxygen atoms in total. The van der Waals surface area contributed by atoms with Crippen LogP contribution in [0.4, 0.5) is 0 Å². The lowest BCUT2D eigenvalue weighted by molar-refractivity contribution is -0.126. The van der Waals surface area contributed by atoms with Crippen LogP contribution in [0.2, 0.25) is 0 Å². The molecule has 0 bridgehead atoms. The Bertz CT molecular complexity index is 489. The number of nitrogens with zero attached hydrogens (tertiary/aromatic N) is 2. The summed E-state index contributed by atoms with van der Waals surface area (Å²) in [5.41, 5.74) is 0. The molecule has 8 heteroatoms. The minimum Gasteiger partial charge on any atom is -0.379 e. The van der Waals surface area contributed by atoms with E-state index in [2.05, 4.69) is 19.2 Å². The van der Waals surface area contributed by atoms with Crippen LogP contribution in [0.15, 0.2) is 0 Å². The molecule has 0 spiro atoms. The van der Waals surface area contributed by atoms with Crippen LogP contribution in [0.1, 0.15) is 33.1 Å². The molecule has 0 aromatic heterocycles.